The van der Waals surface area contributed by atoms with Gasteiger partial charge in [-0.2, -0.15) is 4.99 Å². The molecule has 0 radical (unpaired) electrons. The molecule has 24 heavy (non-hydrogen) atoms. The van der Waals surface area contributed by atoms with Gasteiger partial charge in [0, 0.05) is 22.4 Å². The maximum Gasteiger partial charge on any atom is 0.248 e. The summed E-state index contributed by atoms with van der Waals surface area (Å²) in [7, 11) is -3.05. The maximum absolute atomic E-state index is 12.1. The van der Waals surface area contributed by atoms with Crippen LogP contribution in [0.15, 0.2) is 29.3 Å². The van der Waals surface area contributed by atoms with Crippen LogP contribution in [0.25, 0.3) is 0 Å². The summed E-state index contributed by atoms with van der Waals surface area (Å²) in [5.41, 5.74) is 0.813. The molecule has 1 amide bonds. The number of aliphatic imine (C=N–C) groups is 1. The van der Waals surface area contributed by atoms with Crippen molar-refractivity contribution < 1.29 is 13.2 Å². The fourth-order valence-electron chi connectivity index (χ4n) is 2.97. The van der Waals surface area contributed by atoms with E-state index in [1.165, 1.54) is 11.8 Å². The summed E-state index contributed by atoms with van der Waals surface area (Å²) in [5.74, 6) is 0.278. The third kappa shape index (κ3) is 3.78. The largest absolute Gasteiger partial charge is 0.316 e. The number of fused-ring (bicyclic) bond motifs is 1. The highest BCUT2D eigenvalue weighted by molar-refractivity contribution is 8.16. The maximum atomic E-state index is 12.1. The number of halogens is 1. The lowest BCUT2D eigenvalue weighted by atomic mass is 10.1. The van der Waals surface area contributed by atoms with E-state index in [4.69, 9.17) is 11.6 Å². The first-order valence-corrected chi connectivity index (χ1v) is 10.9. The molecule has 2 aliphatic heterocycles. The second-order valence-corrected chi connectivity index (χ2v) is 10.3. The van der Waals surface area contributed by atoms with E-state index in [9.17, 15) is 13.2 Å². The highest BCUT2D eigenvalue weighted by Crippen LogP contribution is 2.41. The van der Waals surface area contributed by atoms with Crippen LogP contribution in [0.1, 0.15) is 20.3 Å². The molecular formula is C16H19ClN2O3S2. The van der Waals surface area contributed by atoms with E-state index in [1.807, 2.05) is 30.9 Å². The van der Waals surface area contributed by atoms with Gasteiger partial charge in [-0.05, 0) is 30.2 Å². The summed E-state index contributed by atoms with van der Waals surface area (Å²) in [4.78, 5) is 18.3. The molecule has 2 aliphatic rings. The monoisotopic (exact) mass is 386 g/mol. The molecule has 0 aromatic heterocycles. The van der Waals surface area contributed by atoms with Crippen LogP contribution in [0.3, 0.4) is 0 Å². The third-order valence-electron chi connectivity index (χ3n) is 3.97. The van der Waals surface area contributed by atoms with Gasteiger partial charge in [0.15, 0.2) is 15.0 Å². The van der Waals surface area contributed by atoms with Crippen LogP contribution in [0, 0.1) is 5.92 Å². The van der Waals surface area contributed by atoms with Gasteiger partial charge in [-0.25, -0.2) is 8.42 Å². The van der Waals surface area contributed by atoms with E-state index < -0.39 is 9.84 Å². The number of hydrogen-bond donors (Lipinski definition) is 0. The van der Waals surface area contributed by atoms with E-state index in [0.29, 0.717) is 16.6 Å². The average molecular weight is 387 g/mol. The van der Waals surface area contributed by atoms with Crippen molar-refractivity contribution in [1.82, 2.24) is 0 Å². The summed E-state index contributed by atoms with van der Waals surface area (Å²) < 4.78 is 24.0. The molecule has 0 unspecified atom stereocenters. The quantitative estimate of drug-likeness (QED) is 0.798. The van der Waals surface area contributed by atoms with Crippen molar-refractivity contribution in [2.75, 3.05) is 16.4 Å². The van der Waals surface area contributed by atoms with Crippen molar-refractivity contribution in [2.24, 2.45) is 10.9 Å². The fraction of sp³-hybridized carbons (Fsp3) is 0.500. The van der Waals surface area contributed by atoms with Crippen LogP contribution >= 0.6 is 23.4 Å². The Bertz CT molecular complexity index is 775. The van der Waals surface area contributed by atoms with Crippen molar-refractivity contribution in [2.45, 2.75) is 31.6 Å². The molecule has 2 saturated heterocycles. The first kappa shape index (κ1) is 17.8. The minimum absolute atomic E-state index is 0.0868. The molecule has 5 nitrogen and oxygen atoms in total. The zero-order valence-corrected chi connectivity index (χ0v) is 15.9. The van der Waals surface area contributed by atoms with E-state index in [-0.39, 0.29) is 34.6 Å². The van der Waals surface area contributed by atoms with Crippen LogP contribution in [-0.4, -0.2) is 42.3 Å². The van der Waals surface area contributed by atoms with E-state index >= 15 is 0 Å². The first-order chi connectivity index (χ1) is 11.2. The molecule has 3 rings (SSSR count). The number of amidine groups is 1. The van der Waals surface area contributed by atoms with Gasteiger partial charge >= 0.3 is 0 Å². The summed E-state index contributed by atoms with van der Waals surface area (Å²) >= 11 is 7.34. The lowest BCUT2D eigenvalue weighted by molar-refractivity contribution is -0.118. The van der Waals surface area contributed by atoms with Crippen LogP contribution in [0.2, 0.25) is 5.02 Å². The Hall–Kier alpha value is -1.05. The second-order valence-electron chi connectivity index (χ2n) is 6.53. The Morgan fingerprint density at radius 3 is 2.62 bits per heavy atom. The highest BCUT2D eigenvalue weighted by atomic mass is 35.5. The van der Waals surface area contributed by atoms with Gasteiger partial charge in [-0.15, -0.1) is 0 Å². The van der Waals surface area contributed by atoms with Gasteiger partial charge in [0.1, 0.15) is 0 Å². The third-order valence-corrected chi connectivity index (χ3v) is 7.44. The van der Waals surface area contributed by atoms with Crippen molar-refractivity contribution in [3.63, 3.8) is 0 Å². The zero-order valence-electron chi connectivity index (χ0n) is 13.5. The molecule has 0 saturated carbocycles. The fourth-order valence-corrected chi connectivity index (χ4v) is 7.03. The van der Waals surface area contributed by atoms with E-state index in [0.717, 1.165) is 5.69 Å². The van der Waals surface area contributed by atoms with Gasteiger partial charge in [0.2, 0.25) is 5.91 Å². The van der Waals surface area contributed by atoms with Crippen molar-refractivity contribution >= 4 is 50.0 Å². The molecule has 0 spiro atoms. The number of amides is 1. The Morgan fingerprint density at radius 2 is 2.00 bits per heavy atom. The van der Waals surface area contributed by atoms with Gasteiger partial charge in [-0.3, -0.25) is 4.79 Å². The lowest BCUT2D eigenvalue weighted by Gasteiger charge is -2.24. The predicted octanol–water partition coefficient (Wildman–Crippen LogP) is 2.99. The second kappa shape index (κ2) is 6.69. The summed E-state index contributed by atoms with van der Waals surface area (Å²) in [6.07, 6.45) is 0.381. The molecule has 130 valence electrons. The number of carbonyl (C=O) groups excluding carboxylic acids is 1. The van der Waals surface area contributed by atoms with Gasteiger partial charge in [0.25, 0.3) is 0 Å². The number of carbonyl (C=O) groups is 1. The predicted molar refractivity (Wildman–Crippen MR) is 99.6 cm³/mol. The molecule has 0 aliphatic carbocycles. The number of rotatable bonds is 3. The van der Waals surface area contributed by atoms with Crippen LogP contribution in [0.5, 0.6) is 0 Å². The first-order valence-electron chi connectivity index (χ1n) is 7.78. The molecule has 2 atom stereocenters. The summed E-state index contributed by atoms with van der Waals surface area (Å²) in [5, 5.41) is 1.11. The molecule has 1 aromatic rings. The molecular weight excluding hydrogens is 368 g/mol. The lowest BCUT2D eigenvalue weighted by Crippen LogP contribution is -2.37. The minimum atomic E-state index is -3.05. The molecule has 2 fully saturated rings. The molecule has 0 bridgehead atoms. The number of hydrogen-bond acceptors (Lipinski definition) is 4. The SMILES string of the molecule is CC(C)CC(=O)N=C1S[C@@H]2CS(=O)(=O)C[C@H]2N1c1ccc(Cl)cc1. The van der Waals surface area contributed by atoms with Gasteiger partial charge in [0.05, 0.1) is 17.5 Å². The molecule has 1 aromatic carbocycles. The Labute approximate surface area is 151 Å². The van der Waals surface area contributed by atoms with Gasteiger partial charge in [-0.1, -0.05) is 37.2 Å². The van der Waals surface area contributed by atoms with Crippen molar-refractivity contribution in [3.05, 3.63) is 29.3 Å². The number of anilines is 1. The number of nitrogens with zero attached hydrogens (tertiary/aromatic N) is 2. The highest BCUT2D eigenvalue weighted by Gasteiger charge is 2.49. The topological polar surface area (TPSA) is 66.8 Å². The smallest absolute Gasteiger partial charge is 0.248 e. The number of benzene rings is 1. The minimum Gasteiger partial charge on any atom is -0.316 e. The number of thioether (sulfide) groups is 1. The van der Waals surface area contributed by atoms with Crippen molar-refractivity contribution in [1.29, 1.82) is 0 Å². The van der Waals surface area contributed by atoms with E-state index in [1.54, 1.807) is 12.1 Å². The van der Waals surface area contributed by atoms with Crippen LogP contribution in [0.4, 0.5) is 5.69 Å². The van der Waals surface area contributed by atoms with Crippen LogP contribution < -0.4 is 4.90 Å². The number of sulfone groups is 1. The van der Waals surface area contributed by atoms with Crippen LogP contribution in [-0.2, 0) is 14.6 Å². The Morgan fingerprint density at radius 1 is 1.33 bits per heavy atom. The normalized spacial score (nSPS) is 27.0. The standard InChI is InChI=1S/C16H19ClN2O3S2/c1-10(2)7-15(20)18-16-19(12-5-3-11(17)4-6-12)13-8-24(21,22)9-14(13)23-16/h3-6,10,13-14H,7-9H2,1-2H3/t13-,14-/m1/s1. The summed E-state index contributed by atoms with van der Waals surface area (Å²) in [6, 6.07) is 6.99. The summed E-state index contributed by atoms with van der Waals surface area (Å²) in [6.45, 7) is 3.94. The molecule has 0 N–H and O–H groups in total. The van der Waals surface area contributed by atoms with Gasteiger partial charge < -0.3 is 4.90 Å². The Kier molecular flexibility index (Phi) is 4.95. The molecule has 8 heteroatoms. The average Bonchev–Trinajstić information content (AvgIpc) is 2.90. The molecule has 2 heterocycles. The van der Waals surface area contributed by atoms with Crippen molar-refractivity contribution in [3.8, 4) is 0 Å². The Balaban J connectivity index is 1.95. The van der Waals surface area contributed by atoms with E-state index in [2.05, 4.69) is 4.99 Å². The zero-order chi connectivity index (χ0) is 17.5.